The second-order valence-electron chi connectivity index (χ2n) is 11.5. The van der Waals surface area contributed by atoms with Gasteiger partial charge in [0.05, 0.1) is 29.5 Å². The number of ether oxygens (including phenoxy) is 1. The molecule has 0 amide bonds. The summed E-state index contributed by atoms with van der Waals surface area (Å²) in [5.74, 6) is 1.35. The van der Waals surface area contributed by atoms with Gasteiger partial charge in [-0.25, -0.2) is 9.97 Å². The van der Waals surface area contributed by atoms with Gasteiger partial charge in [0.2, 0.25) is 5.95 Å². The Balaban J connectivity index is 1.37. The van der Waals surface area contributed by atoms with Gasteiger partial charge in [-0.15, -0.1) is 0 Å². The molecule has 4 aromatic rings. The molecule has 0 unspecified atom stereocenters. The Kier molecular flexibility index (Phi) is 7.30. The Morgan fingerprint density at radius 3 is 2.42 bits per heavy atom. The van der Waals surface area contributed by atoms with Gasteiger partial charge in [0, 0.05) is 43.5 Å². The third-order valence-electron chi connectivity index (χ3n) is 7.66. The van der Waals surface area contributed by atoms with E-state index in [1.807, 2.05) is 12.3 Å². The van der Waals surface area contributed by atoms with Crippen molar-refractivity contribution in [2.24, 2.45) is 0 Å². The van der Waals surface area contributed by atoms with Gasteiger partial charge >= 0.3 is 0 Å². The maximum atomic E-state index is 5.79. The predicted octanol–water partition coefficient (Wildman–Crippen LogP) is 6.13. The first-order valence-corrected chi connectivity index (χ1v) is 13.5. The van der Waals surface area contributed by atoms with Crippen LogP contribution in [0.3, 0.4) is 0 Å². The monoisotopic (exact) mass is 512 g/mol. The summed E-state index contributed by atoms with van der Waals surface area (Å²) in [7, 11) is 6.06. The number of hydrogen-bond donors (Lipinski definition) is 2. The van der Waals surface area contributed by atoms with E-state index in [0.29, 0.717) is 12.0 Å². The molecule has 0 radical (unpaired) electrons. The Labute approximate surface area is 226 Å². The second kappa shape index (κ2) is 10.7. The molecule has 1 aliphatic heterocycles. The second-order valence-corrected chi connectivity index (χ2v) is 11.5. The van der Waals surface area contributed by atoms with Crippen molar-refractivity contribution < 1.29 is 4.74 Å². The third-order valence-corrected chi connectivity index (χ3v) is 7.66. The Bertz CT molecular complexity index is 1380. The molecule has 0 spiro atoms. The zero-order chi connectivity index (χ0) is 26.9. The zero-order valence-electron chi connectivity index (χ0n) is 23.5. The van der Waals surface area contributed by atoms with E-state index < -0.39 is 0 Å². The average Bonchev–Trinajstić information content (AvgIpc) is 3.38. The summed E-state index contributed by atoms with van der Waals surface area (Å²) in [5.41, 5.74) is 7.55. The highest BCUT2D eigenvalue weighted by Crippen LogP contribution is 2.33. The Morgan fingerprint density at radius 1 is 1.03 bits per heavy atom. The molecule has 1 aliphatic rings. The highest BCUT2D eigenvalue weighted by Gasteiger charge is 2.22. The Morgan fingerprint density at radius 2 is 1.76 bits per heavy atom. The number of fused-ring (bicyclic) bond motifs is 1. The molecule has 200 valence electrons. The lowest BCUT2D eigenvalue weighted by atomic mass is 9.86. The third kappa shape index (κ3) is 5.63. The van der Waals surface area contributed by atoms with Crippen molar-refractivity contribution in [3.8, 4) is 5.75 Å². The minimum Gasteiger partial charge on any atom is -0.494 e. The van der Waals surface area contributed by atoms with Crippen molar-refractivity contribution in [2.75, 3.05) is 44.5 Å². The minimum atomic E-state index is 0.133. The number of H-pyrrole nitrogens is 1. The van der Waals surface area contributed by atoms with Crippen LogP contribution >= 0.6 is 0 Å². The molecule has 2 aromatic heterocycles. The predicted molar refractivity (Wildman–Crippen MR) is 157 cm³/mol. The van der Waals surface area contributed by atoms with E-state index in [9.17, 15) is 0 Å². The average molecular weight is 513 g/mol. The van der Waals surface area contributed by atoms with Gasteiger partial charge in [-0.1, -0.05) is 45.0 Å². The smallest absolute Gasteiger partial charge is 0.228 e. The molecule has 38 heavy (non-hydrogen) atoms. The normalized spacial score (nSPS) is 14.9. The summed E-state index contributed by atoms with van der Waals surface area (Å²) in [6.07, 6.45) is 4.98. The Hall–Kier alpha value is -3.58. The number of piperidine rings is 1. The van der Waals surface area contributed by atoms with Crippen LogP contribution in [0, 0.1) is 0 Å². The van der Waals surface area contributed by atoms with Crippen molar-refractivity contribution >= 4 is 28.4 Å². The standard InChI is InChI=1S/C31H40N6O/c1-31(2,3)22-9-7-21(8-10-22)19-27-29-26(13-16-32-29)34-30(35-27)33-25-12-11-24(20-28(25)38-6)37-17-14-23(15-18-37)36(4)5/h7-13,16,20,23,32H,14-15,17-19H2,1-6H3,(H,33,34,35). The van der Waals surface area contributed by atoms with Gasteiger partial charge in [-0.2, -0.15) is 0 Å². The van der Waals surface area contributed by atoms with E-state index >= 15 is 0 Å². The number of benzene rings is 2. The summed E-state index contributed by atoms with van der Waals surface area (Å²) in [6, 6.07) is 17.8. The molecule has 1 saturated heterocycles. The number of nitrogens with zero attached hydrogens (tertiary/aromatic N) is 4. The first-order chi connectivity index (χ1) is 18.2. The fraction of sp³-hybridized carbons (Fsp3) is 0.419. The molecule has 0 aliphatic carbocycles. The van der Waals surface area contributed by atoms with Crippen molar-refractivity contribution in [1.29, 1.82) is 0 Å². The number of hydrogen-bond acceptors (Lipinski definition) is 6. The van der Waals surface area contributed by atoms with Gasteiger partial charge in [0.15, 0.2) is 0 Å². The van der Waals surface area contributed by atoms with Crippen molar-refractivity contribution in [3.05, 3.63) is 71.5 Å². The van der Waals surface area contributed by atoms with Gasteiger partial charge in [0.25, 0.3) is 0 Å². The molecule has 7 heteroatoms. The number of anilines is 3. The molecule has 2 N–H and O–H groups in total. The molecule has 2 aromatic carbocycles. The van der Waals surface area contributed by atoms with Crippen molar-refractivity contribution in [2.45, 2.75) is 51.5 Å². The highest BCUT2D eigenvalue weighted by molar-refractivity contribution is 5.80. The molecule has 0 atom stereocenters. The first-order valence-electron chi connectivity index (χ1n) is 13.5. The minimum absolute atomic E-state index is 0.133. The fourth-order valence-electron chi connectivity index (χ4n) is 5.25. The molecule has 7 nitrogen and oxygen atoms in total. The van der Waals surface area contributed by atoms with E-state index in [-0.39, 0.29) is 5.41 Å². The number of rotatable bonds is 7. The van der Waals surface area contributed by atoms with Crippen LogP contribution < -0.4 is 15.0 Å². The maximum Gasteiger partial charge on any atom is 0.228 e. The summed E-state index contributed by atoms with van der Waals surface area (Å²) in [6.45, 7) is 8.81. The van der Waals surface area contributed by atoms with Gasteiger partial charge in [-0.05, 0) is 61.7 Å². The van der Waals surface area contributed by atoms with E-state index in [2.05, 4.69) is 97.4 Å². The number of aromatic nitrogens is 3. The fourth-order valence-corrected chi connectivity index (χ4v) is 5.25. The lowest BCUT2D eigenvalue weighted by molar-refractivity contribution is 0.249. The lowest BCUT2D eigenvalue weighted by Crippen LogP contribution is -2.41. The molecular weight excluding hydrogens is 472 g/mol. The molecule has 3 heterocycles. The van der Waals surface area contributed by atoms with Crippen molar-refractivity contribution in [3.63, 3.8) is 0 Å². The zero-order valence-corrected chi connectivity index (χ0v) is 23.5. The van der Waals surface area contributed by atoms with E-state index in [4.69, 9.17) is 14.7 Å². The lowest BCUT2D eigenvalue weighted by Gasteiger charge is -2.36. The largest absolute Gasteiger partial charge is 0.494 e. The van der Waals surface area contributed by atoms with Crippen molar-refractivity contribution in [1.82, 2.24) is 19.9 Å². The molecule has 5 rings (SSSR count). The van der Waals surface area contributed by atoms with Gasteiger partial charge in [0.1, 0.15) is 5.75 Å². The number of methoxy groups -OCH3 is 1. The van der Waals surface area contributed by atoms with Crippen LogP contribution in [0.5, 0.6) is 5.75 Å². The van der Waals surface area contributed by atoms with Crippen LogP contribution in [0.1, 0.15) is 50.4 Å². The van der Waals surface area contributed by atoms with E-state index in [1.165, 1.54) is 29.7 Å². The van der Waals surface area contributed by atoms with E-state index in [1.54, 1.807) is 7.11 Å². The molecule has 1 fully saturated rings. The van der Waals surface area contributed by atoms with Crippen LogP contribution in [-0.2, 0) is 11.8 Å². The summed E-state index contributed by atoms with van der Waals surface area (Å²) < 4.78 is 5.79. The van der Waals surface area contributed by atoms with Crippen LogP contribution in [0.4, 0.5) is 17.3 Å². The van der Waals surface area contributed by atoms with Gasteiger partial charge < -0.3 is 24.8 Å². The summed E-state index contributed by atoms with van der Waals surface area (Å²) in [4.78, 5) is 17.8. The van der Waals surface area contributed by atoms with Crippen LogP contribution in [-0.4, -0.2) is 60.2 Å². The number of nitrogens with one attached hydrogen (secondary N) is 2. The molecular formula is C31H40N6O. The van der Waals surface area contributed by atoms with Crippen LogP contribution in [0.25, 0.3) is 11.0 Å². The summed E-state index contributed by atoms with van der Waals surface area (Å²) >= 11 is 0. The molecule has 0 bridgehead atoms. The van der Waals surface area contributed by atoms with Crippen LogP contribution in [0.2, 0.25) is 0 Å². The summed E-state index contributed by atoms with van der Waals surface area (Å²) in [5, 5.41) is 3.43. The SMILES string of the molecule is COc1cc(N2CCC(N(C)C)CC2)ccc1Nc1nc(Cc2ccc(C(C)(C)C)cc2)c2[nH]ccc2n1. The van der Waals surface area contributed by atoms with E-state index in [0.717, 1.165) is 47.7 Å². The topological polar surface area (TPSA) is 69.3 Å². The maximum absolute atomic E-state index is 5.79. The van der Waals surface area contributed by atoms with Crippen LogP contribution in [0.15, 0.2) is 54.7 Å². The molecule has 0 saturated carbocycles. The highest BCUT2D eigenvalue weighted by atomic mass is 16.5. The first kappa shape index (κ1) is 26.0. The number of aromatic amines is 1. The van der Waals surface area contributed by atoms with Gasteiger partial charge in [-0.3, -0.25) is 0 Å². The quantitative estimate of drug-likeness (QED) is 0.311.